The summed E-state index contributed by atoms with van der Waals surface area (Å²) >= 11 is 0. The molecule has 3 aliphatic rings. The van der Waals surface area contributed by atoms with Crippen molar-refractivity contribution in [1.82, 2.24) is 10.3 Å². The zero-order chi connectivity index (χ0) is 22.6. The van der Waals surface area contributed by atoms with Crippen LogP contribution in [0.15, 0.2) is 30.5 Å². The van der Waals surface area contributed by atoms with Gasteiger partial charge in [-0.05, 0) is 49.9 Å². The van der Waals surface area contributed by atoms with Gasteiger partial charge >= 0.3 is 6.18 Å². The second kappa shape index (κ2) is 7.34. The van der Waals surface area contributed by atoms with Crippen LogP contribution in [0.5, 0.6) is 0 Å². The minimum absolute atomic E-state index is 0.0164. The summed E-state index contributed by atoms with van der Waals surface area (Å²) in [5, 5.41) is 12.9. The van der Waals surface area contributed by atoms with Crippen LogP contribution < -0.4 is 10.2 Å². The molecule has 6 nitrogen and oxygen atoms in total. The summed E-state index contributed by atoms with van der Waals surface area (Å²) in [5.74, 6) is -0.514. The number of piperidine rings is 1. The number of fused-ring (bicyclic) bond motifs is 2. The first kappa shape index (κ1) is 21.0. The fourth-order valence-electron chi connectivity index (χ4n) is 5.49. The number of halogens is 3. The molecule has 9 heteroatoms. The zero-order valence-corrected chi connectivity index (χ0v) is 17.4. The van der Waals surface area contributed by atoms with E-state index in [2.05, 4.69) is 16.4 Å². The summed E-state index contributed by atoms with van der Waals surface area (Å²) in [6.45, 7) is 0.807. The maximum Gasteiger partial charge on any atom is 0.397 e. The Morgan fingerprint density at radius 3 is 2.88 bits per heavy atom. The van der Waals surface area contributed by atoms with E-state index in [1.165, 1.54) is 0 Å². The second-order valence-electron chi connectivity index (χ2n) is 9.05. The molecule has 2 aliphatic heterocycles. The molecule has 2 aromatic rings. The van der Waals surface area contributed by atoms with Crippen molar-refractivity contribution in [3.05, 3.63) is 36.0 Å². The number of pyridine rings is 1. The van der Waals surface area contributed by atoms with Gasteiger partial charge in [0.1, 0.15) is 11.5 Å². The molecule has 0 spiro atoms. The molecule has 3 unspecified atom stereocenters. The Kier molecular flexibility index (Phi) is 4.82. The zero-order valence-electron chi connectivity index (χ0n) is 17.4. The molecule has 1 aliphatic carbocycles. The summed E-state index contributed by atoms with van der Waals surface area (Å²) in [6.07, 6.45) is -1.05. The third-order valence-electron chi connectivity index (χ3n) is 7.29. The summed E-state index contributed by atoms with van der Waals surface area (Å²) in [5.41, 5.74) is -2.18. The topological polar surface area (TPSA) is 78.2 Å². The van der Waals surface area contributed by atoms with Gasteiger partial charge in [-0.1, -0.05) is 0 Å². The molecule has 5 rings (SSSR count). The lowest BCUT2D eigenvalue weighted by Gasteiger charge is -2.25. The predicted molar refractivity (Wildman–Crippen MR) is 111 cm³/mol. The number of hydrogen-bond donors (Lipinski definition) is 1. The molecule has 3 heterocycles. The van der Waals surface area contributed by atoms with E-state index in [9.17, 15) is 23.2 Å². The smallest absolute Gasteiger partial charge is 0.381 e. The number of alkyl halides is 3. The van der Waals surface area contributed by atoms with Gasteiger partial charge in [0.05, 0.1) is 16.5 Å². The van der Waals surface area contributed by atoms with Crippen LogP contribution in [0.25, 0.3) is 10.9 Å². The predicted octanol–water partition coefficient (Wildman–Crippen LogP) is 3.55. The van der Waals surface area contributed by atoms with Crippen molar-refractivity contribution in [3.8, 4) is 6.07 Å². The molecule has 0 bridgehead atoms. The van der Waals surface area contributed by atoms with Gasteiger partial charge in [0.2, 0.25) is 5.91 Å². The Labute approximate surface area is 183 Å². The Morgan fingerprint density at radius 1 is 1.25 bits per heavy atom. The number of nitriles is 1. The van der Waals surface area contributed by atoms with Crippen LogP contribution in [0.4, 0.5) is 18.9 Å². The van der Waals surface area contributed by atoms with Gasteiger partial charge in [-0.25, -0.2) is 0 Å². The lowest BCUT2D eigenvalue weighted by atomic mass is 9.94. The fourth-order valence-corrected chi connectivity index (χ4v) is 5.49. The Morgan fingerprint density at radius 2 is 2.09 bits per heavy atom. The average Bonchev–Trinajstić information content (AvgIpc) is 3.42. The molecule has 2 saturated heterocycles. The minimum Gasteiger partial charge on any atom is -0.381 e. The maximum atomic E-state index is 14.3. The highest BCUT2D eigenvalue weighted by atomic mass is 19.4. The lowest BCUT2D eigenvalue weighted by Crippen LogP contribution is -2.44. The number of rotatable bonds is 3. The molecule has 3 fully saturated rings. The number of benzene rings is 1. The Balaban J connectivity index is 1.48. The van der Waals surface area contributed by atoms with Crippen LogP contribution in [0.1, 0.15) is 31.2 Å². The molecule has 1 saturated carbocycles. The van der Waals surface area contributed by atoms with Gasteiger partial charge in [-0.2, -0.15) is 18.4 Å². The standard InChI is InChI=1S/C23H23F3N4O2/c24-23(25,26)22-12-21(22,20(31)29-16-3-2-9-32-10-7-16)13-30(14-22)18-6-5-15(11-27)19-17(18)4-1-8-28-19/h1,4-6,8,16H,2-3,7,9-10,12-14H2,(H,29,31). The maximum absolute atomic E-state index is 14.3. The average molecular weight is 444 g/mol. The summed E-state index contributed by atoms with van der Waals surface area (Å²) in [6, 6.07) is 8.59. The highest BCUT2D eigenvalue weighted by Gasteiger charge is 2.86. The van der Waals surface area contributed by atoms with E-state index in [0.717, 1.165) is 6.42 Å². The number of anilines is 1. The molecular formula is C23H23F3N4O2. The van der Waals surface area contributed by atoms with Crippen molar-refractivity contribution in [3.63, 3.8) is 0 Å². The van der Waals surface area contributed by atoms with Gasteiger partial charge in [-0.15, -0.1) is 0 Å². The van der Waals surface area contributed by atoms with Crippen LogP contribution in [0.3, 0.4) is 0 Å². The van der Waals surface area contributed by atoms with Gasteiger partial charge in [0, 0.05) is 49.6 Å². The number of nitrogens with zero attached hydrogens (tertiary/aromatic N) is 3. The number of nitrogens with one attached hydrogen (secondary N) is 1. The van der Waals surface area contributed by atoms with Crippen LogP contribution in [0, 0.1) is 22.2 Å². The monoisotopic (exact) mass is 444 g/mol. The van der Waals surface area contributed by atoms with Crippen molar-refractivity contribution < 1.29 is 22.7 Å². The molecule has 0 radical (unpaired) electrons. The van der Waals surface area contributed by atoms with E-state index in [1.54, 1.807) is 35.4 Å². The summed E-state index contributed by atoms with van der Waals surface area (Å²) < 4.78 is 48.2. The molecule has 168 valence electrons. The van der Waals surface area contributed by atoms with Crippen LogP contribution >= 0.6 is 0 Å². The molecule has 32 heavy (non-hydrogen) atoms. The highest BCUT2D eigenvalue weighted by molar-refractivity contribution is 5.97. The van der Waals surface area contributed by atoms with E-state index in [4.69, 9.17) is 4.74 Å². The second-order valence-corrected chi connectivity index (χ2v) is 9.05. The normalized spacial score (nSPS) is 29.8. The van der Waals surface area contributed by atoms with E-state index in [-0.39, 0.29) is 25.6 Å². The molecular weight excluding hydrogens is 421 g/mol. The summed E-state index contributed by atoms with van der Waals surface area (Å²) in [7, 11) is 0. The number of ether oxygens (including phenoxy) is 1. The van der Waals surface area contributed by atoms with Crippen molar-refractivity contribution in [1.29, 1.82) is 5.26 Å². The van der Waals surface area contributed by atoms with Crippen LogP contribution in [0.2, 0.25) is 0 Å². The number of amides is 1. The Hall–Kier alpha value is -2.86. The Bertz CT molecular complexity index is 1110. The minimum atomic E-state index is -4.49. The largest absolute Gasteiger partial charge is 0.397 e. The van der Waals surface area contributed by atoms with Crippen molar-refractivity contribution in [2.75, 3.05) is 31.2 Å². The van der Waals surface area contributed by atoms with Gasteiger partial charge in [0.25, 0.3) is 0 Å². The van der Waals surface area contributed by atoms with Crippen LogP contribution in [-0.2, 0) is 9.53 Å². The lowest BCUT2D eigenvalue weighted by molar-refractivity contribution is -0.191. The number of carbonyl (C=O) groups excluding carboxylic acids is 1. The molecule has 1 N–H and O–H groups in total. The molecule has 1 aromatic heterocycles. The van der Waals surface area contributed by atoms with Crippen molar-refractivity contribution >= 4 is 22.5 Å². The van der Waals surface area contributed by atoms with Crippen molar-refractivity contribution in [2.45, 2.75) is 37.9 Å². The molecule has 1 aromatic carbocycles. The van der Waals surface area contributed by atoms with Crippen LogP contribution in [-0.4, -0.2) is 49.4 Å². The van der Waals surface area contributed by atoms with Gasteiger partial charge < -0.3 is 15.0 Å². The van der Waals surface area contributed by atoms with Gasteiger partial charge in [-0.3, -0.25) is 9.78 Å². The molecule has 3 atom stereocenters. The highest BCUT2D eigenvalue weighted by Crippen LogP contribution is 2.75. The first-order valence-electron chi connectivity index (χ1n) is 10.8. The SMILES string of the molecule is N#Cc1ccc(N2CC3(C(=O)NC4CCCOCC4)CC3(C(F)(F)F)C2)c2cccnc12. The number of carbonyl (C=O) groups is 1. The van der Waals surface area contributed by atoms with E-state index < -0.39 is 22.9 Å². The fraction of sp³-hybridized carbons (Fsp3) is 0.522. The van der Waals surface area contributed by atoms with E-state index in [1.807, 2.05) is 0 Å². The van der Waals surface area contributed by atoms with E-state index >= 15 is 0 Å². The van der Waals surface area contributed by atoms with E-state index in [0.29, 0.717) is 48.2 Å². The first-order valence-corrected chi connectivity index (χ1v) is 10.8. The first-order chi connectivity index (χ1) is 15.3. The molecule has 1 amide bonds. The van der Waals surface area contributed by atoms with Gasteiger partial charge in [0.15, 0.2) is 0 Å². The quantitative estimate of drug-likeness (QED) is 0.784. The number of aromatic nitrogens is 1. The third-order valence-corrected chi connectivity index (χ3v) is 7.29. The summed E-state index contributed by atoms with van der Waals surface area (Å²) in [4.78, 5) is 19.1. The third kappa shape index (κ3) is 3.04. The number of hydrogen-bond acceptors (Lipinski definition) is 5. The van der Waals surface area contributed by atoms with Crippen molar-refractivity contribution in [2.24, 2.45) is 10.8 Å².